The van der Waals surface area contributed by atoms with E-state index in [0.29, 0.717) is 5.41 Å². The van der Waals surface area contributed by atoms with Crippen molar-refractivity contribution in [3.05, 3.63) is 0 Å². The van der Waals surface area contributed by atoms with Crippen LogP contribution in [-0.2, 0) is 9.47 Å². The van der Waals surface area contributed by atoms with Gasteiger partial charge in [-0.3, -0.25) is 0 Å². The lowest BCUT2D eigenvalue weighted by atomic mass is 9.79. The summed E-state index contributed by atoms with van der Waals surface area (Å²) in [6, 6.07) is 0. The lowest BCUT2D eigenvalue weighted by molar-refractivity contribution is -0.00652. The Morgan fingerprint density at radius 1 is 1.28 bits per heavy atom. The highest BCUT2D eigenvalue weighted by Gasteiger charge is 2.33. The Morgan fingerprint density at radius 3 is 2.56 bits per heavy atom. The van der Waals surface area contributed by atoms with Gasteiger partial charge in [0.1, 0.15) is 0 Å². The van der Waals surface area contributed by atoms with E-state index in [-0.39, 0.29) is 0 Å². The molecule has 1 saturated heterocycles. The van der Waals surface area contributed by atoms with Crippen molar-refractivity contribution in [2.24, 2.45) is 5.41 Å². The molecule has 1 rings (SSSR count). The second kappa shape index (κ2) is 8.86. The van der Waals surface area contributed by atoms with E-state index >= 15 is 0 Å². The summed E-state index contributed by atoms with van der Waals surface area (Å²) in [6.07, 6.45) is 2.34. The SMILES string of the molecule is CCNCC1(CN(CC)CCOC)CCOCC1. The molecular formula is C14H30N2O2. The van der Waals surface area contributed by atoms with Gasteiger partial charge in [-0.05, 0) is 31.3 Å². The van der Waals surface area contributed by atoms with Crippen molar-refractivity contribution in [1.82, 2.24) is 10.2 Å². The van der Waals surface area contributed by atoms with E-state index in [1.807, 2.05) is 0 Å². The zero-order valence-corrected chi connectivity index (χ0v) is 12.3. The zero-order valence-electron chi connectivity index (χ0n) is 12.3. The molecule has 0 aromatic rings. The largest absolute Gasteiger partial charge is 0.383 e. The van der Waals surface area contributed by atoms with E-state index in [1.165, 1.54) is 12.8 Å². The first-order valence-corrected chi connectivity index (χ1v) is 7.26. The predicted molar refractivity (Wildman–Crippen MR) is 75.0 cm³/mol. The van der Waals surface area contributed by atoms with Crippen LogP contribution in [0.5, 0.6) is 0 Å². The second-order valence-electron chi connectivity index (χ2n) is 5.25. The second-order valence-corrected chi connectivity index (χ2v) is 5.25. The van der Waals surface area contributed by atoms with Crippen LogP contribution >= 0.6 is 0 Å². The van der Waals surface area contributed by atoms with Gasteiger partial charge in [0, 0.05) is 40.0 Å². The van der Waals surface area contributed by atoms with Crippen molar-refractivity contribution >= 4 is 0 Å². The number of ether oxygens (including phenoxy) is 2. The standard InChI is InChI=1S/C14H30N2O2/c1-4-15-12-14(6-9-18-10-7-14)13-16(5-2)8-11-17-3/h15H,4-13H2,1-3H3. The number of rotatable bonds is 9. The molecule has 1 N–H and O–H groups in total. The molecule has 0 aliphatic carbocycles. The van der Waals surface area contributed by atoms with Gasteiger partial charge in [0.05, 0.1) is 6.61 Å². The van der Waals surface area contributed by atoms with Crippen LogP contribution in [0.25, 0.3) is 0 Å². The molecular weight excluding hydrogens is 228 g/mol. The lowest BCUT2D eigenvalue weighted by Gasteiger charge is -2.41. The number of likely N-dealkylation sites (N-methyl/N-ethyl adjacent to an activating group) is 1. The molecule has 4 nitrogen and oxygen atoms in total. The third kappa shape index (κ3) is 5.22. The van der Waals surface area contributed by atoms with E-state index in [0.717, 1.165) is 52.5 Å². The molecule has 0 aromatic heterocycles. The minimum atomic E-state index is 0.387. The molecule has 0 amide bonds. The molecule has 0 radical (unpaired) electrons. The van der Waals surface area contributed by atoms with Crippen molar-refractivity contribution in [3.8, 4) is 0 Å². The monoisotopic (exact) mass is 258 g/mol. The van der Waals surface area contributed by atoms with Crippen molar-refractivity contribution < 1.29 is 9.47 Å². The minimum absolute atomic E-state index is 0.387. The number of hydrogen-bond donors (Lipinski definition) is 1. The normalized spacial score (nSPS) is 19.3. The summed E-state index contributed by atoms with van der Waals surface area (Å²) in [5.41, 5.74) is 0.387. The van der Waals surface area contributed by atoms with Gasteiger partial charge in [0.2, 0.25) is 0 Å². The van der Waals surface area contributed by atoms with Crippen molar-refractivity contribution in [1.29, 1.82) is 0 Å². The molecule has 1 heterocycles. The molecule has 1 fully saturated rings. The molecule has 4 heteroatoms. The molecule has 0 saturated carbocycles. The summed E-state index contributed by atoms with van der Waals surface area (Å²) in [7, 11) is 1.77. The molecule has 1 aliphatic heterocycles. The third-order valence-corrected chi connectivity index (χ3v) is 3.92. The molecule has 0 spiro atoms. The van der Waals surface area contributed by atoms with E-state index in [2.05, 4.69) is 24.1 Å². The average molecular weight is 258 g/mol. The van der Waals surface area contributed by atoms with E-state index in [1.54, 1.807) is 7.11 Å². The van der Waals surface area contributed by atoms with Crippen LogP contribution in [0.2, 0.25) is 0 Å². The molecule has 0 aromatic carbocycles. The number of nitrogens with one attached hydrogen (secondary N) is 1. The van der Waals surface area contributed by atoms with E-state index < -0.39 is 0 Å². The van der Waals surface area contributed by atoms with Gasteiger partial charge in [0.25, 0.3) is 0 Å². The van der Waals surface area contributed by atoms with Crippen molar-refractivity contribution in [2.75, 3.05) is 59.7 Å². The summed E-state index contributed by atoms with van der Waals surface area (Å²) in [5.74, 6) is 0. The van der Waals surface area contributed by atoms with Crippen molar-refractivity contribution in [2.45, 2.75) is 26.7 Å². The highest BCUT2D eigenvalue weighted by molar-refractivity contribution is 4.87. The fourth-order valence-corrected chi connectivity index (χ4v) is 2.63. The average Bonchev–Trinajstić information content (AvgIpc) is 2.42. The molecule has 0 unspecified atom stereocenters. The molecule has 0 atom stereocenters. The van der Waals surface area contributed by atoms with Crippen LogP contribution in [0.1, 0.15) is 26.7 Å². The summed E-state index contributed by atoms with van der Waals surface area (Å²) >= 11 is 0. The molecule has 108 valence electrons. The molecule has 1 aliphatic rings. The van der Waals surface area contributed by atoms with Gasteiger partial charge in [-0.25, -0.2) is 0 Å². The molecule has 18 heavy (non-hydrogen) atoms. The predicted octanol–water partition coefficient (Wildman–Crippen LogP) is 1.36. The summed E-state index contributed by atoms with van der Waals surface area (Å²) < 4.78 is 10.7. The van der Waals surface area contributed by atoms with Crippen molar-refractivity contribution in [3.63, 3.8) is 0 Å². The van der Waals surface area contributed by atoms with Gasteiger partial charge in [-0.15, -0.1) is 0 Å². The van der Waals surface area contributed by atoms with Gasteiger partial charge in [-0.1, -0.05) is 13.8 Å². The van der Waals surface area contributed by atoms with E-state index in [9.17, 15) is 0 Å². The van der Waals surface area contributed by atoms with Gasteiger partial charge in [0.15, 0.2) is 0 Å². The highest BCUT2D eigenvalue weighted by atomic mass is 16.5. The number of nitrogens with zero attached hydrogens (tertiary/aromatic N) is 1. The van der Waals surface area contributed by atoms with Crippen LogP contribution in [0.15, 0.2) is 0 Å². The van der Waals surface area contributed by atoms with Crippen LogP contribution in [0, 0.1) is 5.41 Å². The third-order valence-electron chi connectivity index (χ3n) is 3.92. The maximum atomic E-state index is 5.53. The highest BCUT2D eigenvalue weighted by Crippen LogP contribution is 2.30. The van der Waals surface area contributed by atoms with Crippen LogP contribution in [-0.4, -0.2) is 64.6 Å². The Hall–Kier alpha value is -0.160. The summed E-state index contributed by atoms with van der Waals surface area (Å²) in [4.78, 5) is 2.51. The van der Waals surface area contributed by atoms with Crippen LogP contribution in [0.3, 0.4) is 0 Å². The maximum Gasteiger partial charge on any atom is 0.0589 e. The maximum absolute atomic E-state index is 5.53. The summed E-state index contributed by atoms with van der Waals surface area (Å²) in [5, 5.41) is 3.53. The van der Waals surface area contributed by atoms with Crippen LogP contribution in [0.4, 0.5) is 0 Å². The number of hydrogen-bond acceptors (Lipinski definition) is 4. The van der Waals surface area contributed by atoms with Crippen LogP contribution < -0.4 is 5.32 Å². The van der Waals surface area contributed by atoms with Gasteiger partial charge >= 0.3 is 0 Å². The summed E-state index contributed by atoms with van der Waals surface area (Å²) in [6.45, 7) is 12.5. The minimum Gasteiger partial charge on any atom is -0.383 e. The Labute approximate surface area is 112 Å². The zero-order chi connectivity index (χ0) is 13.3. The number of methoxy groups -OCH3 is 1. The van der Waals surface area contributed by atoms with Gasteiger partial charge in [-0.2, -0.15) is 0 Å². The van der Waals surface area contributed by atoms with Gasteiger partial charge < -0.3 is 19.7 Å². The smallest absolute Gasteiger partial charge is 0.0589 e. The van der Waals surface area contributed by atoms with E-state index in [4.69, 9.17) is 9.47 Å². The topological polar surface area (TPSA) is 33.7 Å². The fraction of sp³-hybridized carbons (Fsp3) is 1.00. The first kappa shape index (κ1) is 15.9. The Kier molecular flexibility index (Phi) is 7.82. The Bertz CT molecular complexity index is 206. The molecule has 0 bridgehead atoms. The Morgan fingerprint density at radius 2 is 2.00 bits per heavy atom. The first-order valence-electron chi connectivity index (χ1n) is 7.26. The fourth-order valence-electron chi connectivity index (χ4n) is 2.63. The quantitative estimate of drug-likeness (QED) is 0.677. The lowest BCUT2D eigenvalue weighted by Crippen LogP contribution is -2.48. The first-order chi connectivity index (χ1) is 8.76. The Balaban J connectivity index is 2.52.